The number of rotatable bonds is 4. The number of aliphatic imine (C=N–C) groups is 1. The largest absolute Gasteiger partial charge is 0.368 e. The molecule has 0 unspecified atom stereocenters. The smallest absolute Gasteiger partial charge is 0.0511 e. The molecule has 1 heterocycles. The van der Waals surface area contributed by atoms with Crippen molar-refractivity contribution in [2.24, 2.45) is 4.99 Å². The van der Waals surface area contributed by atoms with Gasteiger partial charge < -0.3 is 10.2 Å². The van der Waals surface area contributed by atoms with Gasteiger partial charge in [0.25, 0.3) is 0 Å². The Morgan fingerprint density at radius 1 is 1.40 bits per heavy atom. The van der Waals surface area contributed by atoms with E-state index < -0.39 is 0 Å². The molecular weight excluding hydrogens is 186 g/mol. The lowest BCUT2D eigenvalue weighted by molar-refractivity contribution is 0.312. The van der Waals surface area contributed by atoms with Crippen LogP contribution in [0, 0.1) is 0 Å². The van der Waals surface area contributed by atoms with E-state index in [0.717, 1.165) is 32.6 Å². The van der Waals surface area contributed by atoms with Crippen LogP contribution in [0.15, 0.2) is 28.9 Å². The molecule has 0 aromatic heterocycles. The van der Waals surface area contributed by atoms with Gasteiger partial charge >= 0.3 is 0 Å². The highest BCUT2D eigenvalue weighted by molar-refractivity contribution is 5.77. The van der Waals surface area contributed by atoms with Crippen LogP contribution in [0.2, 0.25) is 0 Å². The number of nitrogens with one attached hydrogen (secondary N) is 1. The summed E-state index contributed by atoms with van der Waals surface area (Å²) in [4.78, 5) is 6.49. The number of hydrogen-bond acceptors (Lipinski definition) is 3. The van der Waals surface area contributed by atoms with E-state index in [1.807, 2.05) is 20.2 Å². The summed E-state index contributed by atoms with van der Waals surface area (Å²) in [5.74, 6) is 0. The van der Waals surface area contributed by atoms with Crippen LogP contribution < -0.4 is 5.32 Å². The van der Waals surface area contributed by atoms with Crippen LogP contribution in [0.1, 0.15) is 13.3 Å². The predicted octanol–water partition coefficient (Wildman–Crippen LogP) is 1.44. The van der Waals surface area contributed by atoms with E-state index in [-0.39, 0.29) is 0 Å². The van der Waals surface area contributed by atoms with Gasteiger partial charge in [0.1, 0.15) is 0 Å². The summed E-state index contributed by atoms with van der Waals surface area (Å²) in [5.41, 5.74) is 1.25. The van der Waals surface area contributed by atoms with Crippen molar-refractivity contribution < 1.29 is 0 Å². The highest BCUT2D eigenvalue weighted by Gasteiger charge is 2.10. The minimum Gasteiger partial charge on any atom is -0.368 e. The van der Waals surface area contributed by atoms with E-state index in [1.165, 1.54) is 5.70 Å². The first-order valence-corrected chi connectivity index (χ1v) is 5.57. The van der Waals surface area contributed by atoms with Crippen molar-refractivity contribution in [3.63, 3.8) is 0 Å². The lowest BCUT2D eigenvalue weighted by Gasteiger charge is -2.29. The molecule has 1 N–H and O–H groups in total. The van der Waals surface area contributed by atoms with E-state index >= 15 is 0 Å². The molecule has 0 spiro atoms. The van der Waals surface area contributed by atoms with Crippen LogP contribution in [-0.4, -0.2) is 44.3 Å². The van der Waals surface area contributed by atoms with E-state index in [4.69, 9.17) is 0 Å². The maximum atomic E-state index is 4.11. The van der Waals surface area contributed by atoms with Crippen molar-refractivity contribution in [3.05, 3.63) is 23.9 Å². The Kier molecular flexibility index (Phi) is 5.78. The highest BCUT2D eigenvalue weighted by atomic mass is 15.2. The van der Waals surface area contributed by atoms with Gasteiger partial charge in [-0.15, -0.1) is 0 Å². The Hall–Kier alpha value is -1.09. The van der Waals surface area contributed by atoms with E-state index in [1.54, 1.807) is 0 Å². The van der Waals surface area contributed by atoms with Crippen molar-refractivity contribution in [2.75, 3.05) is 33.2 Å². The van der Waals surface area contributed by atoms with Crippen LogP contribution in [-0.2, 0) is 0 Å². The van der Waals surface area contributed by atoms with Gasteiger partial charge in [0.15, 0.2) is 0 Å². The maximum absolute atomic E-state index is 4.11. The van der Waals surface area contributed by atoms with Gasteiger partial charge in [0, 0.05) is 39.4 Å². The zero-order valence-electron chi connectivity index (χ0n) is 9.74. The van der Waals surface area contributed by atoms with Gasteiger partial charge in [0.05, 0.1) is 5.70 Å². The highest BCUT2D eigenvalue weighted by Crippen LogP contribution is 2.05. The van der Waals surface area contributed by atoms with Gasteiger partial charge in [-0.3, -0.25) is 4.99 Å². The Labute approximate surface area is 92.6 Å². The fraction of sp³-hybridized carbons (Fsp3) is 0.583. The fourth-order valence-corrected chi connectivity index (χ4v) is 1.64. The summed E-state index contributed by atoms with van der Waals surface area (Å²) in [6.45, 7) is 6.34. The second-order valence-corrected chi connectivity index (χ2v) is 3.56. The molecule has 0 aliphatic carbocycles. The molecule has 1 aliphatic rings. The van der Waals surface area contributed by atoms with Crippen molar-refractivity contribution in [1.82, 2.24) is 10.2 Å². The Morgan fingerprint density at radius 2 is 2.13 bits per heavy atom. The van der Waals surface area contributed by atoms with Crippen molar-refractivity contribution in [1.29, 1.82) is 0 Å². The molecule has 0 aromatic rings. The minimum absolute atomic E-state index is 0.988. The van der Waals surface area contributed by atoms with E-state index in [0.29, 0.717) is 0 Å². The molecule has 15 heavy (non-hydrogen) atoms. The normalized spacial score (nSPS) is 19.3. The zero-order chi connectivity index (χ0) is 10.9. The molecule has 1 saturated heterocycles. The average molecular weight is 207 g/mol. The second kappa shape index (κ2) is 7.23. The van der Waals surface area contributed by atoms with Crippen LogP contribution >= 0.6 is 0 Å². The van der Waals surface area contributed by atoms with Gasteiger partial charge in [0.2, 0.25) is 0 Å². The van der Waals surface area contributed by atoms with Crippen LogP contribution in [0.4, 0.5) is 0 Å². The first kappa shape index (κ1) is 12.0. The predicted molar refractivity (Wildman–Crippen MR) is 66.4 cm³/mol. The standard InChI is InChI=1S/C12H21N3/c1-3-4-5-6-12(11-13-2)15-9-7-14-8-10-15/h3-4,6,11,14H,5,7-10H2,1-2H3/b4-3+,12-6+,13-11?. The summed E-state index contributed by atoms with van der Waals surface area (Å²) in [7, 11) is 1.83. The zero-order valence-corrected chi connectivity index (χ0v) is 9.74. The number of piperazine rings is 1. The summed E-state index contributed by atoms with van der Waals surface area (Å²) in [5, 5.41) is 3.35. The maximum Gasteiger partial charge on any atom is 0.0511 e. The quantitative estimate of drug-likeness (QED) is 0.558. The number of allylic oxidation sites excluding steroid dienone is 4. The minimum atomic E-state index is 0.988. The lowest BCUT2D eigenvalue weighted by atomic mass is 10.2. The third-order valence-corrected chi connectivity index (χ3v) is 2.44. The van der Waals surface area contributed by atoms with E-state index in [2.05, 4.69) is 33.4 Å². The third-order valence-electron chi connectivity index (χ3n) is 2.44. The molecule has 0 aromatic carbocycles. The SMILES string of the molecule is C/C=C/C/C=C(\C=NC)N1CCNCC1. The fourth-order valence-electron chi connectivity index (χ4n) is 1.64. The molecular formula is C12H21N3. The molecule has 1 aliphatic heterocycles. The van der Waals surface area contributed by atoms with Crippen LogP contribution in [0.25, 0.3) is 0 Å². The van der Waals surface area contributed by atoms with Crippen LogP contribution in [0.3, 0.4) is 0 Å². The molecule has 1 fully saturated rings. The van der Waals surface area contributed by atoms with Gasteiger partial charge in [-0.1, -0.05) is 18.2 Å². The first-order chi connectivity index (χ1) is 7.38. The van der Waals surface area contributed by atoms with Crippen molar-refractivity contribution >= 4 is 6.21 Å². The Balaban J connectivity index is 2.58. The van der Waals surface area contributed by atoms with Crippen molar-refractivity contribution in [3.8, 4) is 0 Å². The summed E-state index contributed by atoms with van der Waals surface area (Å²) in [6, 6.07) is 0. The second-order valence-electron chi connectivity index (χ2n) is 3.56. The first-order valence-electron chi connectivity index (χ1n) is 5.57. The molecule has 0 atom stereocenters. The van der Waals surface area contributed by atoms with Gasteiger partial charge in [-0.25, -0.2) is 0 Å². The van der Waals surface area contributed by atoms with Gasteiger partial charge in [-0.2, -0.15) is 0 Å². The summed E-state index contributed by atoms with van der Waals surface area (Å²) < 4.78 is 0. The van der Waals surface area contributed by atoms with Crippen molar-refractivity contribution in [2.45, 2.75) is 13.3 Å². The molecule has 3 nitrogen and oxygen atoms in total. The average Bonchev–Trinajstić information content (AvgIpc) is 2.29. The van der Waals surface area contributed by atoms with Gasteiger partial charge in [-0.05, 0) is 13.3 Å². The molecule has 0 amide bonds. The van der Waals surface area contributed by atoms with Crippen LogP contribution in [0.5, 0.6) is 0 Å². The number of hydrogen-bond donors (Lipinski definition) is 1. The summed E-state index contributed by atoms with van der Waals surface area (Å²) >= 11 is 0. The van der Waals surface area contributed by atoms with E-state index in [9.17, 15) is 0 Å². The topological polar surface area (TPSA) is 27.6 Å². The Bertz CT molecular complexity index is 248. The Morgan fingerprint density at radius 3 is 2.73 bits per heavy atom. The molecule has 1 rings (SSSR count). The monoisotopic (exact) mass is 207 g/mol. The molecule has 0 radical (unpaired) electrons. The third kappa shape index (κ3) is 4.30. The molecule has 3 heteroatoms. The molecule has 0 saturated carbocycles. The number of nitrogens with zero attached hydrogens (tertiary/aromatic N) is 2. The molecule has 84 valence electrons. The molecule has 0 bridgehead atoms. The summed E-state index contributed by atoms with van der Waals surface area (Å²) in [6.07, 6.45) is 9.41. The lowest BCUT2D eigenvalue weighted by Crippen LogP contribution is -2.43.